The van der Waals surface area contributed by atoms with Gasteiger partial charge in [-0.05, 0) is 36.6 Å². The molecule has 23 heavy (non-hydrogen) atoms. The number of benzene rings is 1. The van der Waals surface area contributed by atoms with Crippen molar-refractivity contribution >= 4 is 10.0 Å². The number of hydrogen-bond donors (Lipinski definition) is 1. The molecule has 0 fully saturated rings. The Balaban J connectivity index is 1.99. The average Bonchev–Trinajstić information content (AvgIpc) is 2.59. The fraction of sp³-hybridized carbons (Fsp3) is 0.312. The minimum Gasteiger partial charge on any atom is -0.497 e. The molecule has 0 atom stereocenters. The van der Waals surface area contributed by atoms with Gasteiger partial charge in [-0.2, -0.15) is 0 Å². The van der Waals surface area contributed by atoms with Gasteiger partial charge in [0.15, 0.2) is 0 Å². The van der Waals surface area contributed by atoms with E-state index in [1.807, 2.05) is 12.1 Å². The molecule has 6 nitrogen and oxygen atoms in total. The van der Waals surface area contributed by atoms with E-state index in [0.717, 1.165) is 12.0 Å². The van der Waals surface area contributed by atoms with Gasteiger partial charge >= 0.3 is 0 Å². The lowest BCUT2D eigenvalue weighted by atomic mass is 10.2. The molecule has 1 aromatic carbocycles. The Hall–Kier alpha value is -2.12. The SMILES string of the molecule is COc1ccc(S(=O)(=O)NCCCc2cccnc2)c(OC)c1. The fourth-order valence-electron chi connectivity index (χ4n) is 2.12. The highest BCUT2D eigenvalue weighted by atomic mass is 32.2. The number of aromatic nitrogens is 1. The summed E-state index contributed by atoms with van der Waals surface area (Å²) in [7, 11) is -0.688. The van der Waals surface area contributed by atoms with Gasteiger partial charge in [0.05, 0.1) is 14.2 Å². The second kappa shape index (κ2) is 7.94. The van der Waals surface area contributed by atoms with E-state index in [2.05, 4.69) is 9.71 Å². The van der Waals surface area contributed by atoms with Crippen LogP contribution in [-0.4, -0.2) is 34.2 Å². The molecule has 0 aliphatic rings. The van der Waals surface area contributed by atoms with Gasteiger partial charge in [0.25, 0.3) is 0 Å². The molecule has 0 aliphatic heterocycles. The molecular formula is C16H20N2O4S. The van der Waals surface area contributed by atoms with Gasteiger partial charge in [-0.1, -0.05) is 6.07 Å². The van der Waals surface area contributed by atoms with Crippen molar-refractivity contribution in [3.05, 3.63) is 48.3 Å². The first-order chi connectivity index (χ1) is 11.1. The van der Waals surface area contributed by atoms with Crippen molar-refractivity contribution in [3.8, 4) is 11.5 Å². The molecule has 0 radical (unpaired) electrons. The predicted molar refractivity (Wildman–Crippen MR) is 87.3 cm³/mol. The van der Waals surface area contributed by atoms with Gasteiger partial charge in [-0.25, -0.2) is 13.1 Å². The van der Waals surface area contributed by atoms with Gasteiger partial charge in [-0.3, -0.25) is 4.98 Å². The first kappa shape index (κ1) is 17.2. The maximum Gasteiger partial charge on any atom is 0.244 e. The third-order valence-electron chi connectivity index (χ3n) is 3.32. The van der Waals surface area contributed by atoms with Crippen molar-refractivity contribution in [1.29, 1.82) is 0 Å². The lowest BCUT2D eigenvalue weighted by Gasteiger charge is -2.12. The normalized spacial score (nSPS) is 11.2. The van der Waals surface area contributed by atoms with Crippen molar-refractivity contribution in [3.63, 3.8) is 0 Å². The Bertz CT molecular complexity index is 733. The lowest BCUT2D eigenvalue weighted by molar-refractivity contribution is 0.386. The third-order valence-corrected chi connectivity index (χ3v) is 4.82. The summed E-state index contributed by atoms with van der Waals surface area (Å²) in [4.78, 5) is 4.13. The second-order valence-corrected chi connectivity index (χ2v) is 6.61. The van der Waals surface area contributed by atoms with Gasteiger partial charge < -0.3 is 9.47 Å². The predicted octanol–water partition coefficient (Wildman–Crippen LogP) is 2.01. The summed E-state index contributed by atoms with van der Waals surface area (Å²) in [5.41, 5.74) is 1.08. The van der Waals surface area contributed by atoms with Crippen molar-refractivity contribution in [2.45, 2.75) is 17.7 Å². The molecule has 0 saturated carbocycles. The van der Waals surface area contributed by atoms with Crippen LogP contribution in [0.3, 0.4) is 0 Å². The number of hydrogen-bond acceptors (Lipinski definition) is 5. The van der Waals surface area contributed by atoms with Crippen LogP contribution in [0.5, 0.6) is 11.5 Å². The zero-order chi connectivity index (χ0) is 16.7. The Labute approximate surface area is 136 Å². The zero-order valence-electron chi connectivity index (χ0n) is 13.2. The van der Waals surface area contributed by atoms with E-state index in [1.165, 1.54) is 20.3 Å². The minimum atomic E-state index is -3.63. The molecule has 7 heteroatoms. The van der Waals surface area contributed by atoms with E-state index in [0.29, 0.717) is 18.7 Å². The fourth-order valence-corrected chi connectivity index (χ4v) is 3.34. The van der Waals surface area contributed by atoms with Crippen LogP contribution in [0.25, 0.3) is 0 Å². The molecule has 0 amide bonds. The second-order valence-electron chi connectivity index (χ2n) is 4.88. The first-order valence-corrected chi connectivity index (χ1v) is 8.66. The monoisotopic (exact) mass is 336 g/mol. The molecule has 0 bridgehead atoms. The molecule has 0 saturated heterocycles. The summed E-state index contributed by atoms with van der Waals surface area (Å²) in [6.45, 7) is 0.340. The van der Waals surface area contributed by atoms with E-state index >= 15 is 0 Å². The van der Waals surface area contributed by atoms with E-state index in [4.69, 9.17) is 9.47 Å². The summed E-state index contributed by atoms with van der Waals surface area (Å²) < 4.78 is 37.6. The Kier molecular flexibility index (Phi) is 5.95. The highest BCUT2D eigenvalue weighted by Crippen LogP contribution is 2.28. The molecule has 2 rings (SSSR count). The molecule has 1 N–H and O–H groups in total. The lowest BCUT2D eigenvalue weighted by Crippen LogP contribution is -2.25. The van der Waals surface area contributed by atoms with Gasteiger partial charge in [0.1, 0.15) is 16.4 Å². The summed E-state index contributed by atoms with van der Waals surface area (Å²) in [5.74, 6) is 0.793. The van der Waals surface area contributed by atoms with Crippen LogP contribution >= 0.6 is 0 Å². The molecule has 0 aliphatic carbocycles. The number of nitrogens with one attached hydrogen (secondary N) is 1. The van der Waals surface area contributed by atoms with E-state index in [9.17, 15) is 8.42 Å². The Morgan fingerprint density at radius 3 is 2.65 bits per heavy atom. The van der Waals surface area contributed by atoms with Gasteiger partial charge in [-0.15, -0.1) is 0 Å². The van der Waals surface area contributed by atoms with E-state index in [-0.39, 0.29) is 10.6 Å². The van der Waals surface area contributed by atoms with Gasteiger partial charge in [0.2, 0.25) is 10.0 Å². The smallest absolute Gasteiger partial charge is 0.244 e. The quantitative estimate of drug-likeness (QED) is 0.746. The number of aryl methyl sites for hydroxylation is 1. The number of rotatable bonds is 8. The van der Waals surface area contributed by atoms with Crippen LogP contribution in [0.4, 0.5) is 0 Å². The van der Waals surface area contributed by atoms with Crippen molar-refractivity contribution in [1.82, 2.24) is 9.71 Å². The number of sulfonamides is 1. The molecule has 124 valence electrons. The topological polar surface area (TPSA) is 77.5 Å². The molecule has 2 aromatic rings. The standard InChI is InChI=1S/C16H20N2O4S/c1-21-14-7-8-16(15(11-14)22-2)23(19,20)18-10-4-6-13-5-3-9-17-12-13/h3,5,7-9,11-12,18H,4,6,10H2,1-2H3. The number of pyridine rings is 1. The van der Waals surface area contributed by atoms with Crippen LogP contribution in [0.1, 0.15) is 12.0 Å². The number of ether oxygens (including phenoxy) is 2. The molecule has 0 spiro atoms. The Morgan fingerprint density at radius 2 is 2.00 bits per heavy atom. The maximum absolute atomic E-state index is 12.4. The largest absolute Gasteiger partial charge is 0.497 e. The van der Waals surface area contributed by atoms with Crippen molar-refractivity contribution < 1.29 is 17.9 Å². The number of methoxy groups -OCH3 is 2. The van der Waals surface area contributed by atoms with Crippen molar-refractivity contribution in [2.24, 2.45) is 0 Å². The van der Waals surface area contributed by atoms with Crippen LogP contribution in [0, 0.1) is 0 Å². The van der Waals surface area contributed by atoms with Crippen LogP contribution in [0.15, 0.2) is 47.6 Å². The van der Waals surface area contributed by atoms with Gasteiger partial charge in [0, 0.05) is 25.0 Å². The van der Waals surface area contributed by atoms with Crippen LogP contribution in [0.2, 0.25) is 0 Å². The average molecular weight is 336 g/mol. The third kappa shape index (κ3) is 4.67. The summed E-state index contributed by atoms with van der Waals surface area (Å²) in [5, 5.41) is 0. The summed E-state index contributed by atoms with van der Waals surface area (Å²) >= 11 is 0. The highest BCUT2D eigenvalue weighted by Gasteiger charge is 2.19. The van der Waals surface area contributed by atoms with Crippen LogP contribution < -0.4 is 14.2 Å². The molecule has 1 heterocycles. The number of nitrogens with zero attached hydrogens (tertiary/aromatic N) is 1. The molecule has 0 unspecified atom stereocenters. The highest BCUT2D eigenvalue weighted by molar-refractivity contribution is 7.89. The zero-order valence-corrected chi connectivity index (χ0v) is 14.0. The van der Waals surface area contributed by atoms with E-state index < -0.39 is 10.0 Å². The maximum atomic E-state index is 12.4. The summed E-state index contributed by atoms with van der Waals surface area (Å²) in [6, 6.07) is 8.44. The molecular weight excluding hydrogens is 316 g/mol. The molecule has 1 aromatic heterocycles. The summed E-state index contributed by atoms with van der Waals surface area (Å²) in [6.07, 6.45) is 4.93. The van der Waals surface area contributed by atoms with E-state index in [1.54, 1.807) is 24.5 Å². The Morgan fingerprint density at radius 1 is 1.17 bits per heavy atom. The van der Waals surface area contributed by atoms with Crippen LogP contribution in [-0.2, 0) is 16.4 Å². The van der Waals surface area contributed by atoms with Crippen molar-refractivity contribution in [2.75, 3.05) is 20.8 Å². The minimum absolute atomic E-state index is 0.0992. The first-order valence-electron chi connectivity index (χ1n) is 7.17.